The van der Waals surface area contributed by atoms with Crippen molar-refractivity contribution in [3.63, 3.8) is 0 Å². The quantitative estimate of drug-likeness (QED) is 0.543. The van der Waals surface area contributed by atoms with E-state index in [9.17, 15) is 9.59 Å². The molecule has 23 heavy (non-hydrogen) atoms. The van der Waals surface area contributed by atoms with Gasteiger partial charge in [-0.2, -0.15) is 0 Å². The van der Waals surface area contributed by atoms with E-state index in [4.69, 9.17) is 4.74 Å². The molecule has 6 heteroatoms. The van der Waals surface area contributed by atoms with Gasteiger partial charge in [-0.15, -0.1) is 0 Å². The molecule has 0 aromatic heterocycles. The Balaban J connectivity index is 2.40. The van der Waals surface area contributed by atoms with Crippen molar-refractivity contribution >= 4 is 17.5 Å². The Morgan fingerprint density at radius 1 is 1.13 bits per heavy atom. The van der Waals surface area contributed by atoms with Gasteiger partial charge < -0.3 is 20.7 Å². The lowest BCUT2D eigenvalue weighted by Crippen LogP contribution is -2.30. The topological polar surface area (TPSA) is 79.5 Å². The van der Waals surface area contributed by atoms with Crippen LogP contribution < -0.4 is 16.0 Å². The fourth-order valence-electron chi connectivity index (χ4n) is 1.94. The van der Waals surface area contributed by atoms with Gasteiger partial charge in [-0.05, 0) is 31.0 Å². The second kappa shape index (κ2) is 11.5. The van der Waals surface area contributed by atoms with Crippen LogP contribution in [0.4, 0.5) is 5.69 Å². The number of hydrogen-bond donors (Lipinski definition) is 3. The highest BCUT2D eigenvalue weighted by molar-refractivity contribution is 5.95. The van der Waals surface area contributed by atoms with Crippen LogP contribution in [0.25, 0.3) is 0 Å². The number of benzene rings is 1. The lowest BCUT2D eigenvalue weighted by atomic mass is 10.2. The smallest absolute Gasteiger partial charge is 0.251 e. The van der Waals surface area contributed by atoms with Gasteiger partial charge in [0.1, 0.15) is 0 Å². The summed E-state index contributed by atoms with van der Waals surface area (Å²) in [6.45, 7) is 4.17. The molecule has 0 radical (unpaired) electrons. The average Bonchev–Trinajstić information content (AvgIpc) is 2.57. The van der Waals surface area contributed by atoms with Crippen molar-refractivity contribution in [2.75, 3.05) is 38.7 Å². The number of ether oxygens (including phenoxy) is 1. The molecule has 0 bridgehead atoms. The van der Waals surface area contributed by atoms with E-state index in [-0.39, 0.29) is 18.4 Å². The molecule has 0 heterocycles. The number of nitrogens with one attached hydrogen (secondary N) is 3. The van der Waals surface area contributed by atoms with Gasteiger partial charge in [-0.3, -0.25) is 9.59 Å². The minimum Gasteiger partial charge on any atom is -0.385 e. The number of carbonyl (C=O) groups is 2. The molecule has 0 saturated carbocycles. The monoisotopic (exact) mass is 321 g/mol. The van der Waals surface area contributed by atoms with Crippen molar-refractivity contribution in [2.45, 2.75) is 26.2 Å². The molecule has 1 rings (SSSR count). The molecule has 1 aromatic rings. The van der Waals surface area contributed by atoms with Crippen LogP contribution >= 0.6 is 0 Å². The molecule has 0 fully saturated rings. The first-order chi connectivity index (χ1) is 11.2. The maximum atomic E-state index is 12.0. The molecule has 0 atom stereocenters. The Morgan fingerprint density at radius 2 is 1.91 bits per heavy atom. The summed E-state index contributed by atoms with van der Waals surface area (Å²) in [4.78, 5) is 23.7. The molecule has 0 aliphatic rings. The molecule has 0 saturated heterocycles. The number of anilines is 1. The lowest BCUT2D eigenvalue weighted by Gasteiger charge is -2.09. The molecule has 2 amide bonds. The fraction of sp³-hybridized carbons (Fsp3) is 0.529. The van der Waals surface area contributed by atoms with Gasteiger partial charge in [-0.25, -0.2) is 0 Å². The maximum absolute atomic E-state index is 12.0. The van der Waals surface area contributed by atoms with Crippen LogP contribution in [-0.4, -0.2) is 45.2 Å². The van der Waals surface area contributed by atoms with E-state index in [1.807, 2.05) is 6.07 Å². The highest BCUT2D eigenvalue weighted by Crippen LogP contribution is 2.10. The van der Waals surface area contributed by atoms with Crippen LogP contribution in [0.15, 0.2) is 24.3 Å². The van der Waals surface area contributed by atoms with Crippen molar-refractivity contribution < 1.29 is 14.3 Å². The van der Waals surface area contributed by atoms with E-state index in [2.05, 4.69) is 22.9 Å². The van der Waals surface area contributed by atoms with Crippen LogP contribution in [0.2, 0.25) is 0 Å². The van der Waals surface area contributed by atoms with Crippen LogP contribution in [0, 0.1) is 0 Å². The van der Waals surface area contributed by atoms with Gasteiger partial charge in [0, 0.05) is 38.1 Å². The molecule has 128 valence electrons. The number of rotatable bonds is 11. The fourth-order valence-corrected chi connectivity index (χ4v) is 1.94. The second-order valence-electron chi connectivity index (χ2n) is 5.24. The third kappa shape index (κ3) is 8.21. The van der Waals surface area contributed by atoms with E-state index in [1.54, 1.807) is 25.3 Å². The van der Waals surface area contributed by atoms with Crippen molar-refractivity contribution in [3.8, 4) is 0 Å². The number of unbranched alkanes of at least 4 members (excludes halogenated alkanes) is 1. The number of amides is 2. The Bertz CT molecular complexity index is 492. The zero-order chi connectivity index (χ0) is 16.9. The van der Waals surface area contributed by atoms with Crippen molar-refractivity contribution in [1.82, 2.24) is 10.6 Å². The van der Waals surface area contributed by atoms with E-state index in [0.717, 1.165) is 24.9 Å². The summed E-state index contributed by atoms with van der Waals surface area (Å²) < 4.78 is 4.94. The molecular weight excluding hydrogens is 294 g/mol. The van der Waals surface area contributed by atoms with Gasteiger partial charge in [0.25, 0.3) is 5.91 Å². The van der Waals surface area contributed by atoms with E-state index >= 15 is 0 Å². The van der Waals surface area contributed by atoms with E-state index in [1.165, 1.54) is 0 Å². The first-order valence-electron chi connectivity index (χ1n) is 8.05. The minimum absolute atomic E-state index is 0.0483. The molecule has 0 aliphatic carbocycles. The van der Waals surface area contributed by atoms with Crippen LogP contribution in [0.1, 0.15) is 36.5 Å². The van der Waals surface area contributed by atoms with Gasteiger partial charge >= 0.3 is 0 Å². The van der Waals surface area contributed by atoms with Crippen molar-refractivity contribution in [3.05, 3.63) is 29.8 Å². The SMILES string of the molecule is CCCCNC(=O)CNc1cccc(C(=O)NCCCOC)c1. The summed E-state index contributed by atoms with van der Waals surface area (Å²) in [5.74, 6) is -0.176. The summed E-state index contributed by atoms with van der Waals surface area (Å²) in [6, 6.07) is 7.12. The van der Waals surface area contributed by atoms with Gasteiger partial charge in [0.15, 0.2) is 0 Å². The molecule has 0 unspecified atom stereocenters. The highest BCUT2D eigenvalue weighted by Gasteiger charge is 2.06. The summed E-state index contributed by atoms with van der Waals surface area (Å²) in [6.07, 6.45) is 2.80. The van der Waals surface area contributed by atoms with Gasteiger partial charge in [0.05, 0.1) is 6.54 Å². The van der Waals surface area contributed by atoms with Crippen molar-refractivity contribution in [1.29, 1.82) is 0 Å². The van der Waals surface area contributed by atoms with Crippen LogP contribution in [0.3, 0.4) is 0 Å². The molecule has 0 spiro atoms. The number of hydrogen-bond acceptors (Lipinski definition) is 4. The maximum Gasteiger partial charge on any atom is 0.251 e. The summed E-state index contributed by atoms with van der Waals surface area (Å²) in [5.41, 5.74) is 1.32. The van der Waals surface area contributed by atoms with Crippen LogP contribution in [0.5, 0.6) is 0 Å². The standard InChI is InChI=1S/C17H27N3O3/c1-3-4-9-18-16(21)13-20-15-8-5-7-14(12-15)17(22)19-10-6-11-23-2/h5,7-8,12,20H,3-4,6,9-11,13H2,1-2H3,(H,18,21)(H,19,22). The molecule has 0 aliphatic heterocycles. The molecule has 3 N–H and O–H groups in total. The van der Waals surface area contributed by atoms with Gasteiger partial charge in [-0.1, -0.05) is 19.4 Å². The normalized spacial score (nSPS) is 10.2. The first-order valence-corrected chi connectivity index (χ1v) is 8.05. The number of methoxy groups -OCH3 is 1. The Labute approximate surface area is 138 Å². The largest absolute Gasteiger partial charge is 0.385 e. The van der Waals surface area contributed by atoms with Crippen molar-refractivity contribution in [2.24, 2.45) is 0 Å². The Kier molecular flexibility index (Phi) is 9.47. The lowest BCUT2D eigenvalue weighted by molar-refractivity contribution is -0.119. The predicted molar refractivity (Wildman–Crippen MR) is 91.7 cm³/mol. The van der Waals surface area contributed by atoms with Crippen LogP contribution in [-0.2, 0) is 9.53 Å². The summed E-state index contributed by atoms with van der Waals surface area (Å²) >= 11 is 0. The third-order valence-electron chi connectivity index (χ3n) is 3.24. The molecule has 1 aromatic carbocycles. The summed E-state index contributed by atoms with van der Waals surface area (Å²) in [5, 5.41) is 8.70. The van der Waals surface area contributed by atoms with E-state index in [0.29, 0.717) is 25.3 Å². The first kappa shape index (κ1) is 19.0. The number of carbonyl (C=O) groups excluding carboxylic acids is 2. The van der Waals surface area contributed by atoms with Gasteiger partial charge in [0.2, 0.25) is 5.91 Å². The average molecular weight is 321 g/mol. The summed E-state index contributed by atoms with van der Waals surface area (Å²) in [7, 11) is 1.63. The Morgan fingerprint density at radius 3 is 2.65 bits per heavy atom. The Hall–Kier alpha value is -2.08. The third-order valence-corrected chi connectivity index (χ3v) is 3.24. The second-order valence-corrected chi connectivity index (χ2v) is 5.24. The zero-order valence-corrected chi connectivity index (χ0v) is 14.0. The van der Waals surface area contributed by atoms with E-state index < -0.39 is 0 Å². The molecular formula is C17H27N3O3. The minimum atomic E-state index is -0.128. The zero-order valence-electron chi connectivity index (χ0n) is 14.0. The molecule has 6 nitrogen and oxygen atoms in total. The highest BCUT2D eigenvalue weighted by atomic mass is 16.5. The predicted octanol–water partition coefficient (Wildman–Crippen LogP) is 1.78.